The van der Waals surface area contributed by atoms with E-state index in [2.05, 4.69) is 4.98 Å². The zero-order chi connectivity index (χ0) is 23.5. The van der Waals surface area contributed by atoms with Crippen LogP contribution in [0.1, 0.15) is 16.2 Å². The first-order chi connectivity index (χ1) is 16.6. The Labute approximate surface area is 201 Å². The average molecular weight is 463 g/mol. The van der Waals surface area contributed by atoms with Crippen LogP contribution in [0.15, 0.2) is 114 Å². The molecule has 0 spiro atoms. The lowest BCUT2D eigenvalue weighted by molar-refractivity contribution is 0.104. The van der Waals surface area contributed by atoms with Crippen molar-refractivity contribution >= 4 is 34.4 Å². The van der Waals surface area contributed by atoms with Crippen LogP contribution in [-0.4, -0.2) is 15.3 Å². The molecule has 0 unspecified atom stereocenters. The Hall–Kier alpha value is -4.28. The highest BCUT2D eigenvalue weighted by Crippen LogP contribution is 2.20. The quantitative estimate of drug-likeness (QED) is 0.218. The van der Waals surface area contributed by atoms with E-state index >= 15 is 0 Å². The third kappa shape index (κ3) is 4.32. The topological polar surface area (TPSA) is 52.0 Å². The molecule has 0 atom stereocenters. The first-order valence-corrected chi connectivity index (χ1v) is 11.1. The van der Waals surface area contributed by atoms with E-state index in [0.717, 1.165) is 11.1 Å². The molecule has 0 radical (unpaired) electrons. The van der Waals surface area contributed by atoms with Gasteiger partial charge in [0, 0.05) is 10.6 Å². The molecule has 0 fully saturated rings. The van der Waals surface area contributed by atoms with Crippen LogP contribution < -0.4 is 5.56 Å². The van der Waals surface area contributed by atoms with E-state index in [9.17, 15) is 9.59 Å². The molecular formula is C29H19ClN2O2. The average Bonchev–Trinajstić information content (AvgIpc) is 2.88. The highest BCUT2D eigenvalue weighted by Gasteiger charge is 2.12. The van der Waals surface area contributed by atoms with E-state index in [0.29, 0.717) is 33.0 Å². The van der Waals surface area contributed by atoms with Crippen molar-refractivity contribution in [2.45, 2.75) is 0 Å². The molecule has 0 aliphatic heterocycles. The first kappa shape index (κ1) is 21.6. The van der Waals surface area contributed by atoms with Gasteiger partial charge in [0.05, 0.1) is 16.6 Å². The summed E-state index contributed by atoms with van der Waals surface area (Å²) < 4.78 is 1.47. The SMILES string of the molecule is O=C(/C=C/c1nc2ccccc2c(=O)n1-c1cccc(Cl)c1)c1ccc(-c2ccccc2)cc1. The van der Waals surface area contributed by atoms with Gasteiger partial charge >= 0.3 is 0 Å². The third-order valence-corrected chi connectivity index (χ3v) is 5.76. The molecule has 4 nitrogen and oxygen atoms in total. The number of carbonyl (C=O) groups is 1. The molecule has 0 N–H and O–H groups in total. The Bertz CT molecular complexity index is 1590. The zero-order valence-electron chi connectivity index (χ0n) is 18.1. The van der Waals surface area contributed by atoms with E-state index in [1.807, 2.05) is 48.5 Å². The van der Waals surface area contributed by atoms with Gasteiger partial charge in [0.15, 0.2) is 5.78 Å². The number of carbonyl (C=O) groups excluding carboxylic acids is 1. The molecule has 0 aliphatic rings. The number of fused-ring (bicyclic) bond motifs is 1. The molecule has 0 bridgehead atoms. The number of nitrogens with zero attached hydrogens (tertiary/aromatic N) is 2. The summed E-state index contributed by atoms with van der Waals surface area (Å²) in [6.45, 7) is 0. The lowest BCUT2D eigenvalue weighted by Crippen LogP contribution is -2.22. The van der Waals surface area contributed by atoms with Crippen molar-refractivity contribution in [1.29, 1.82) is 0 Å². The fourth-order valence-electron chi connectivity index (χ4n) is 3.83. The summed E-state index contributed by atoms with van der Waals surface area (Å²) in [5, 5.41) is 0.990. The van der Waals surface area contributed by atoms with Crippen LogP contribution in [0.3, 0.4) is 0 Å². The second-order valence-electron chi connectivity index (χ2n) is 7.75. The number of halogens is 1. The Morgan fingerprint density at radius 2 is 1.50 bits per heavy atom. The zero-order valence-corrected chi connectivity index (χ0v) is 18.8. The van der Waals surface area contributed by atoms with E-state index in [1.165, 1.54) is 10.6 Å². The molecule has 0 saturated carbocycles. The number of hydrogen-bond donors (Lipinski definition) is 0. The molecule has 1 aromatic heterocycles. The fraction of sp³-hybridized carbons (Fsp3) is 0. The maximum absolute atomic E-state index is 13.3. The van der Waals surface area contributed by atoms with Crippen LogP contribution in [0.5, 0.6) is 0 Å². The van der Waals surface area contributed by atoms with Crippen LogP contribution in [0.2, 0.25) is 5.02 Å². The minimum absolute atomic E-state index is 0.181. The Morgan fingerprint density at radius 3 is 2.26 bits per heavy atom. The maximum Gasteiger partial charge on any atom is 0.266 e. The van der Waals surface area contributed by atoms with Gasteiger partial charge in [0.2, 0.25) is 0 Å². The van der Waals surface area contributed by atoms with Crippen LogP contribution in [0.25, 0.3) is 33.8 Å². The largest absolute Gasteiger partial charge is 0.289 e. The second-order valence-corrected chi connectivity index (χ2v) is 8.18. The summed E-state index contributed by atoms with van der Waals surface area (Å²) in [6.07, 6.45) is 3.01. The lowest BCUT2D eigenvalue weighted by atomic mass is 10.0. The highest BCUT2D eigenvalue weighted by molar-refractivity contribution is 6.30. The van der Waals surface area contributed by atoms with E-state index in [1.54, 1.807) is 60.7 Å². The summed E-state index contributed by atoms with van der Waals surface area (Å²) in [7, 11) is 0. The summed E-state index contributed by atoms with van der Waals surface area (Å²) in [5.41, 5.74) is 3.58. The third-order valence-electron chi connectivity index (χ3n) is 5.53. The van der Waals surface area contributed by atoms with Gasteiger partial charge in [-0.25, -0.2) is 4.98 Å². The summed E-state index contributed by atoms with van der Waals surface area (Å²) in [4.78, 5) is 30.8. The van der Waals surface area contributed by atoms with Crippen molar-refractivity contribution in [2.24, 2.45) is 0 Å². The van der Waals surface area contributed by atoms with E-state index < -0.39 is 0 Å². The van der Waals surface area contributed by atoms with Crippen LogP contribution in [-0.2, 0) is 0 Å². The summed E-state index contributed by atoms with van der Waals surface area (Å²) in [6, 6.07) is 31.5. The van der Waals surface area contributed by atoms with Gasteiger partial charge in [-0.3, -0.25) is 14.2 Å². The van der Waals surface area contributed by atoms with Crippen LogP contribution in [0, 0.1) is 0 Å². The predicted octanol–water partition coefficient (Wildman–Crippen LogP) is 6.60. The Morgan fingerprint density at radius 1 is 0.794 bits per heavy atom. The first-order valence-electron chi connectivity index (χ1n) is 10.8. The number of para-hydroxylation sites is 1. The van der Waals surface area contributed by atoms with Gasteiger partial charge in [0.1, 0.15) is 5.82 Å². The van der Waals surface area contributed by atoms with E-state index in [4.69, 9.17) is 11.6 Å². The van der Waals surface area contributed by atoms with Crippen LogP contribution in [0.4, 0.5) is 0 Å². The molecule has 0 saturated heterocycles. The molecule has 5 aromatic rings. The molecule has 5 rings (SSSR count). The molecule has 5 heteroatoms. The Balaban J connectivity index is 1.53. The second kappa shape index (κ2) is 9.30. The molecule has 164 valence electrons. The van der Waals surface area contributed by atoms with Gasteiger partial charge in [-0.2, -0.15) is 0 Å². The summed E-state index contributed by atoms with van der Waals surface area (Å²) in [5.74, 6) is 0.167. The smallest absolute Gasteiger partial charge is 0.266 e. The number of hydrogen-bond acceptors (Lipinski definition) is 3. The van der Waals surface area contributed by atoms with E-state index in [-0.39, 0.29) is 11.3 Å². The molecule has 0 amide bonds. The number of allylic oxidation sites excluding steroid dienone is 1. The monoisotopic (exact) mass is 462 g/mol. The fourth-order valence-corrected chi connectivity index (χ4v) is 4.01. The van der Waals surface area contributed by atoms with Gasteiger partial charge in [0.25, 0.3) is 5.56 Å². The Kier molecular flexibility index (Phi) is 5.90. The van der Waals surface area contributed by atoms with Gasteiger partial charge in [-0.15, -0.1) is 0 Å². The molecule has 0 aliphatic carbocycles. The van der Waals surface area contributed by atoms with Crippen LogP contribution >= 0.6 is 11.6 Å². The number of benzene rings is 4. The molecule has 1 heterocycles. The molecular weight excluding hydrogens is 444 g/mol. The normalized spacial score (nSPS) is 11.2. The molecule has 34 heavy (non-hydrogen) atoms. The van der Waals surface area contributed by atoms with Crippen molar-refractivity contribution in [1.82, 2.24) is 9.55 Å². The minimum atomic E-state index is -0.229. The lowest BCUT2D eigenvalue weighted by Gasteiger charge is -2.11. The summed E-state index contributed by atoms with van der Waals surface area (Å²) >= 11 is 6.17. The molecule has 4 aromatic carbocycles. The minimum Gasteiger partial charge on any atom is -0.289 e. The standard InChI is InChI=1S/C29H19ClN2O2/c30-23-9-6-10-24(19-23)32-28(31-26-12-5-4-11-25(26)29(32)34)18-17-27(33)22-15-13-21(14-16-22)20-7-2-1-3-8-20/h1-19H/b18-17+. The highest BCUT2D eigenvalue weighted by atomic mass is 35.5. The van der Waals surface area contributed by atoms with Gasteiger partial charge in [-0.1, -0.05) is 84.4 Å². The number of ketones is 1. The maximum atomic E-state index is 13.3. The van der Waals surface area contributed by atoms with Gasteiger partial charge in [-0.05, 0) is 53.6 Å². The predicted molar refractivity (Wildman–Crippen MR) is 138 cm³/mol. The van der Waals surface area contributed by atoms with Gasteiger partial charge < -0.3 is 0 Å². The van der Waals surface area contributed by atoms with Crippen molar-refractivity contribution in [3.63, 3.8) is 0 Å². The number of aromatic nitrogens is 2. The number of rotatable bonds is 5. The van der Waals surface area contributed by atoms with Crippen molar-refractivity contribution in [3.8, 4) is 16.8 Å². The van der Waals surface area contributed by atoms with Crippen molar-refractivity contribution < 1.29 is 4.79 Å². The van der Waals surface area contributed by atoms with Crippen molar-refractivity contribution in [2.75, 3.05) is 0 Å². The van der Waals surface area contributed by atoms with Crippen molar-refractivity contribution in [3.05, 3.63) is 136 Å².